The number of carbonyl (C=O) groups is 5. The summed E-state index contributed by atoms with van der Waals surface area (Å²) < 4.78 is 11.7. The maximum absolute atomic E-state index is 13.4. The van der Waals surface area contributed by atoms with Gasteiger partial charge in [0.1, 0.15) is 12.2 Å². The Morgan fingerprint density at radius 2 is 1.80 bits per heavy atom. The van der Waals surface area contributed by atoms with E-state index in [4.69, 9.17) is 14.3 Å². The average molecular weight is 560 g/mol. The summed E-state index contributed by atoms with van der Waals surface area (Å²) in [5.74, 6) is -2.05. The van der Waals surface area contributed by atoms with Crippen LogP contribution < -0.4 is 0 Å². The number of hydroxylamine groups is 2. The Bertz CT molecular complexity index is 1080. The number of cyclic esters (lactones) is 1. The number of hydrogen-bond acceptors (Lipinski definition) is 9. The molecule has 7 atom stereocenters. The minimum absolute atomic E-state index is 0.0164. The SMILES string of the molecule is C[C@H]1C=C2C=C[C@H](C)[C@H](CC[C@@H]3C[C@@H](O)CC(=O)O3)[C@H]2[C@@H](OC(=O)C(C)(C)CCC(=O)ON2C(=O)CCC2=O)C1. The van der Waals surface area contributed by atoms with Crippen LogP contribution in [0.3, 0.4) is 0 Å². The number of aliphatic hydroxyl groups is 1. The Balaban J connectivity index is 1.39. The van der Waals surface area contributed by atoms with Crippen molar-refractivity contribution in [3.05, 3.63) is 23.8 Å². The van der Waals surface area contributed by atoms with Crippen LogP contribution in [0.4, 0.5) is 0 Å². The number of amides is 2. The van der Waals surface area contributed by atoms with Gasteiger partial charge < -0.3 is 19.4 Å². The van der Waals surface area contributed by atoms with Gasteiger partial charge in [0.25, 0.3) is 11.8 Å². The standard InChI is InChI=1S/C30H41NO9/c1-17-13-19-6-5-18(2)22(8-7-21-15-20(32)16-27(36)38-21)28(19)23(14-17)39-29(37)30(3,4)12-11-26(35)40-31-24(33)9-10-25(31)34/h5-6,13,17-18,20-23,28,32H,7-12,14-16H2,1-4H3/t17-,18-,20+,21+,22-,23-,28-/m0/s1. The van der Waals surface area contributed by atoms with E-state index in [1.54, 1.807) is 13.8 Å². The van der Waals surface area contributed by atoms with Gasteiger partial charge in [-0.2, -0.15) is 0 Å². The molecule has 40 heavy (non-hydrogen) atoms. The van der Waals surface area contributed by atoms with Crippen LogP contribution in [0.2, 0.25) is 0 Å². The van der Waals surface area contributed by atoms with Crippen molar-refractivity contribution < 1.29 is 43.4 Å². The fraction of sp³-hybridized carbons (Fsp3) is 0.700. The average Bonchev–Trinajstić information content (AvgIpc) is 3.18. The molecule has 2 aliphatic carbocycles. The summed E-state index contributed by atoms with van der Waals surface area (Å²) in [6.45, 7) is 7.65. The number of ether oxygens (including phenoxy) is 2. The van der Waals surface area contributed by atoms with E-state index < -0.39 is 35.3 Å². The molecule has 2 fully saturated rings. The van der Waals surface area contributed by atoms with Crippen molar-refractivity contribution in [3.63, 3.8) is 0 Å². The molecule has 0 aromatic rings. The first-order valence-electron chi connectivity index (χ1n) is 14.4. The van der Waals surface area contributed by atoms with Crippen LogP contribution in [-0.2, 0) is 38.3 Å². The molecule has 0 saturated carbocycles. The third kappa shape index (κ3) is 7.00. The molecule has 0 unspecified atom stereocenters. The van der Waals surface area contributed by atoms with E-state index in [1.807, 2.05) is 0 Å². The largest absolute Gasteiger partial charge is 0.462 e. The number of imide groups is 1. The van der Waals surface area contributed by atoms with Crippen molar-refractivity contribution >= 4 is 29.7 Å². The molecule has 1 N–H and O–H groups in total. The molecule has 0 bridgehead atoms. The number of carbonyl (C=O) groups excluding carboxylic acids is 5. The molecule has 10 heteroatoms. The van der Waals surface area contributed by atoms with E-state index in [-0.39, 0.29) is 74.0 Å². The van der Waals surface area contributed by atoms with Crippen molar-refractivity contribution in [2.24, 2.45) is 29.1 Å². The highest BCUT2D eigenvalue weighted by atomic mass is 16.7. The van der Waals surface area contributed by atoms with Crippen molar-refractivity contribution in [2.75, 3.05) is 0 Å². The van der Waals surface area contributed by atoms with Gasteiger partial charge in [0.2, 0.25) is 0 Å². The molecular weight excluding hydrogens is 518 g/mol. The number of nitrogens with zero attached hydrogens (tertiary/aromatic N) is 1. The second kappa shape index (κ2) is 12.2. The summed E-state index contributed by atoms with van der Waals surface area (Å²) >= 11 is 0. The van der Waals surface area contributed by atoms with Crippen LogP contribution >= 0.6 is 0 Å². The summed E-state index contributed by atoms with van der Waals surface area (Å²) in [6, 6.07) is 0. The first kappa shape index (κ1) is 30.0. The number of fused-ring (bicyclic) bond motifs is 1. The van der Waals surface area contributed by atoms with Gasteiger partial charge in [-0.1, -0.05) is 32.1 Å². The van der Waals surface area contributed by atoms with Gasteiger partial charge in [-0.15, -0.1) is 5.06 Å². The third-order valence-corrected chi connectivity index (χ3v) is 8.62. The van der Waals surface area contributed by atoms with E-state index in [0.717, 1.165) is 12.0 Å². The Labute approximate surface area is 235 Å². The number of rotatable bonds is 9. The number of allylic oxidation sites excluding steroid dienone is 3. The Morgan fingerprint density at radius 3 is 2.48 bits per heavy atom. The van der Waals surface area contributed by atoms with Gasteiger partial charge in [0.15, 0.2) is 0 Å². The first-order valence-corrected chi connectivity index (χ1v) is 14.4. The normalized spacial score (nSPS) is 32.3. The van der Waals surface area contributed by atoms with Gasteiger partial charge in [-0.25, -0.2) is 4.79 Å². The molecule has 2 aliphatic heterocycles. The zero-order chi connectivity index (χ0) is 29.2. The van der Waals surface area contributed by atoms with Crippen LogP contribution in [0.5, 0.6) is 0 Å². The van der Waals surface area contributed by atoms with Gasteiger partial charge in [-0.3, -0.25) is 19.2 Å². The van der Waals surface area contributed by atoms with E-state index in [1.165, 1.54) is 0 Å². The Morgan fingerprint density at radius 1 is 1.10 bits per heavy atom. The molecule has 2 heterocycles. The van der Waals surface area contributed by atoms with Crippen LogP contribution in [0.15, 0.2) is 23.8 Å². The fourth-order valence-electron chi connectivity index (χ4n) is 6.26. The van der Waals surface area contributed by atoms with Crippen molar-refractivity contribution in [3.8, 4) is 0 Å². The molecule has 10 nitrogen and oxygen atoms in total. The maximum atomic E-state index is 13.4. The second-order valence-corrected chi connectivity index (χ2v) is 12.4. The topological polar surface area (TPSA) is 137 Å². The summed E-state index contributed by atoms with van der Waals surface area (Å²) in [7, 11) is 0. The predicted molar refractivity (Wildman–Crippen MR) is 142 cm³/mol. The van der Waals surface area contributed by atoms with Crippen LogP contribution in [0.1, 0.15) is 85.5 Å². The summed E-state index contributed by atoms with van der Waals surface area (Å²) in [6.07, 6.45) is 7.71. The highest BCUT2D eigenvalue weighted by Crippen LogP contribution is 2.45. The fourth-order valence-corrected chi connectivity index (χ4v) is 6.26. The molecule has 4 aliphatic rings. The van der Waals surface area contributed by atoms with Crippen LogP contribution in [-0.4, -0.2) is 58.2 Å². The van der Waals surface area contributed by atoms with Crippen LogP contribution in [0, 0.1) is 29.1 Å². The molecule has 0 radical (unpaired) electrons. The van der Waals surface area contributed by atoms with Gasteiger partial charge in [0.05, 0.1) is 17.9 Å². The number of hydrogen-bond donors (Lipinski definition) is 1. The van der Waals surface area contributed by atoms with E-state index in [2.05, 4.69) is 32.1 Å². The lowest BCUT2D eigenvalue weighted by Gasteiger charge is -2.44. The lowest BCUT2D eigenvalue weighted by molar-refractivity contribution is -0.198. The monoisotopic (exact) mass is 559 g/mol. The molecule has 0 aromatic heterocycles. The summed E-state index contributed by atoms with van der Waals surface area (Å²) in [5, 5.41) is 10.5. The Hall–Kier alpha value is -3.01. The van der Waals surface area contributed by atoms with Gasteiger partial charge in [-0.05, 0) is 62.9 Å². The highest BCUT2D eigenvalue weighted by Gasteiger charge is 2.44. The molecule has 0 aromatic carbocycles. The lowest BCUT2D eigenvalue weighted by atomic mass is 9.65. The maximum Gasteiger partial charge on any atom is 0.333 e. The predicted octanol–water partition coefficient (Wildman–Crippen LogP) is 3.56. The summed E-state index contributed by atoms with van der Waals surface area (Å²) in [5.41, 5.74) is 0.141. The molecular formula is C30H41NO9. The van der Waals surface area contributed by atoms with E-state index in [9.17, 15) is 29.1 Å². The minimum Gasteiger partial charge on any atom is -0.462 e. The second-order valence-electron chi connectivity index (χ2n) is 12.4. The minimum atomic E-state index is -0.999. The molecule has 0 spiro atoms. The van der Waals surface area contributed by atoms with E-state index >= 15 is 0 Å². The number of aliphatic hydroxyl groups excluding tert-OH is 1. The molecule has 220 valence electrons. The van der Waals surface area contributed by atoms with Crippen molar-refractivity contribution in [2.45, 2.75) is 104 Å². The third-order valence-electron chi connectivity index (χ3n) is 8.62. The Kier molecular flexibility index (Phi) is 9.17. The number of esters is 2. The van der Waals surface area contributed by atoms with E-state index in [0.29, 0.717) is 24.3 Å². The zero-order valence-electron chi connectivity index (χ0n) is 23.8. The zero-order valence-corrected chi connectivity index (χ0v) is 23.8. The smallest absolute Gasteiger partial charge is 0.333 e. The summed E-state index contributed by atoms with van der Waals surface area (Å²) in [4.78, 5) is 65.9. The van der Waals surface area contributed by atoms with Gasteiger partial charge in [0, 0.05) is 31.6 Å². The molecule has 4 rings (SSSR count). The quantitative estimate of drug-likeness (QED) is 0.332. The highest BCUT2D eigenvalue weighted by molar-refractivity contribution is 6.01. The molecule has 2 saturated heterocycles. The van der Waals surface area contributed by atoms with Crippen LogP contribution in [0.25, 0.3) is 0 Å². The van der Waals surface area contributed by atoms with Gasteiger partial charge >= 0.3 is 17.9 Å². The van der Waals surface area contributed by atoms with Crippen molar-refractivity contribution in [1.82, 2.24) is 5.06 Å². The lowest BCUT2D eigenvalue weighted by Crippen LogP contribution is -2.43. The van der Waals surface area contributed by atoms with Crippen molar-refractivity contribution in [1.29, 1.82) is 0 Å². The first-order chi connectivity index (χ1) is 18.8. The molecule has 2 amide bonds.